The zero-order valence-electron chi connectivity index (χ0n) is 8.85. The van der Waals surface area contributed by atoms with Crippen molar-refractivity contribution in [3.05, 3.63) is 46.0 Å². The molecule has 0 unspecified atom stereocenters. The summed E-state index contributed by atoms with van der Waals surface area (Å²) in [7, 11) is 0. The smallest absolute Gasteiger partial charge is 0.269 e. The van der Waals surface area contributed by atoms with Crippen molar-refractivity contribution in [1.29, 1.82) is 0 Å². The Balaban J connectivity index is 2.68. The first-order chi connectivity index (χ1) is 7.65. The Morgan fingerprint density at radius 3 is 2.81 bits per heavy atom. The molecule has 0 aliphatic rings. The number of benzene rings is 1. The fourth-order valence-corrected chi connectivity index (χ4v) is 1.30. The van der Waals surface area contributed by atoms with Gasteiger partial charge in [0.15, 0.2) is 0 Å². The summed E-state index contributed by atoms with van der Waals surface area (Å²) in [4.78, 5) is 10.1. The number of nitro benzene ring substituents is 1. The molecule has 0 aliphatic heterocycles. The summed E-state index contributed by atoms with van der Waals surface area (Å²) in [5.41, 5.74) is 0.814. The number of aryl methyl sites for hydroxylation is 1. The summed E-state index contributed by atoms with van der Waals surface area (Å²) in [6, 6.07) is 4.51. The van der Waals surface area contributed by atoms with Gasteiger partial charge in [-0.15, -0.1) is 11.6 Å². The molecule has 16 heavy (non-hydrogen) atoms. The lowest BCUT2D eigenvalue weighted by atomic mass is 10.2. The average Bonchev–Trinajstić information content (AvgIpc) is 2.26. The van der Waals surface area contributed by atoms with Gasteiger partial charge >= 0.3 is 0 Å². The van der Waals surface area contributed by atoms with Crippen LogP contribution in [0.15, 0.2) is 30.4 Å². The molecule has 0 fully saturated rings. The van der Waals surface area contributed by atoms with Gasteiger partial charge in [0.05, 0.1) is 4.92 Å². The van der Waals surface area contributed by atoms with E-state index in [0.717, 1.165) is 5.56 Å². The largest absolute Gasteiger partial charge is 0.489 e. The van der Waals surface area contributed by atoms with Crippen LogP contribution in [-0.2, 0) is 0 Å². The van der Waals surface area contributed by atoms with Crippen LogP contribution in [0.3, 0.4) is 0 Å². The third-order valence-electron chi connectivity index (χ3n) is 1.96. The van der Waals surface area contributed by atoms with Crippen molar-refractivity contribution in [1.82, 2.24) is 0 Å². The van der Waals surface area contributed by atoms with Crippen molar-refractivity contribution in [3.63, 3.8) is 0 Å². The van der Waals surface area contributed by atoms with Gasteiger partial charge in [-0.2, -0.15) is 0 Å². The molecule has 0 atom stereocenters. The quantitative estimate of drug-likeness (QED) is 0.345. The van der Waals surface area contributed by atoms with E-state index < -0.39 is 4.92 Å². The molecule has 1 rings (SSSR count). The first-order valence-electron chi connectivity index (χ1n) is 4.74. The van der Waals surface area contributed by atoms with Gasteiger partial charge in [0, 0.05) is 18.0 Å². The number of hydrogen-bond donors (Lipinski definition) is 0. The van der Waals surface area contributed by atoms with Gasteiger partial charge in [0.25, 0.3) is 5.69 Å². The van der Waals surface area contributed by atoms with Crippen LogP contribution < -0.4 is 4.74 Å². The maximum absolute atomic E-state index is 10.5. The van der Waals surface area contributed by atoms with Crippen molar-refractivity contribution >= 4 is 17.3 Å². The lowest BCUT2D eigenvalue weighted by Gasteiger charge is -2.06. The summed E-state index contributed by atoms with van der Waals surface area (Å²) < 4.78 is 5.41. The predicted molar refractivity (Wildman–Crippen MR) is 63.2 cm³/mol. The number of nitrogens with zero attached hydrogens (tertiary/aromatic N) is 1. The van der Waals surface area contributed by atoms with E-state index in [4.69, 9.17) is 16.3 Å². The van der Waals surface area contributed by atoms with Gasteiger partial charge in [0.1, 0.15) is 12.4 Å². The van der Waals surface area contributed by atoms with Crippen LogP contribution in [0, 0.1) is 17.0 Å². The Morgan fingerprint density at radius 2 is 2.25 bits per heavy atom. The highest BCUT2D eigenvalue weighted by Gasteiger charge is 2.07. The fraction of sp³-hybridized carbons (Fsp3) is 0.273. The van der Waals surface area contributed by atoms with Crippen molar-refractivity contribution in [3.8, 4) is 5.75 Å². The zero-order valence-corrected chi connectivity index (χ0v) is 9.61. The molecule has 0 saturated carbocycles. The molecule has 0 radical (unpaired) electrons. The molecule has 0 spiro atoms. The van der Waals surface area contributed by atoms with E-state index in [9.17, 15) is 10.1 Å². The number of ether oxygens (including phenoxy) is 1. The second-order valence-electron chi connectivity index (χ2n) is 3.14. The van der Waals surface area contributed by atoms with Crippen LogP contribution in [0.4, 0.5) is 5.69 Å². The highest BCUT2D eigenvalue weighted by atomic mass is 35.5. The van der Waals surface area contributed by atoms with Gasteiger partial charge < -0.3 is 4.74 Å². The minimum Gasteiger partial charge on any atom is -0.489 e. The molecular formula is C11H12ClNO3. The summed E-state index contributed by atoms with van der Waals surface area (Å²) in [5.74, 6) is 1.09. The van der Waals surface area contributed by atoms with E-state index in [0.29, 0.717) is 18.2 Å². The van der Waals surface area contributed by atoms with Crippen molar-refractivity contribution in [2.75, 3.05) is 12.5 Å². The first-order valence-corrected chi connectivity index (χ1v) is 5.27. The summed E-state index contributed by atoms with van der Waals surface area (Å²) in [6.45, 7) is 2.18. The second kappa shape index (κ2) is 6.12. The fourth-order valence-electron chi connectivity index (χ4n) is 1.18. The Hall–Kier alpha value is -1.55. The van der Waals surface area contributed by atoms with E-state index in [-0.39, 0.29) is 5.69 Å². The van der Waals surface area contributed by atoms with E-state index in [1.165, 1.54) is 12.1 Å². The monoisotopic (exact) mass is 241 g/mol. The topological polar surface area (TPSA) is 52.4 Å². The SMILES string of the molecule is Cc1cc([N+](=O)[O-])ccc1OC/C=C/CCl. The molecule has 0 saturated heterocycles. The molecule has 0 aromatic heterocycles. The molecule has 0 heterocycles. The zero-order chi connectivity index (χ0) is 12.0. The number of halogens is 1. The van der Waals surface area contributed by atoms with Crippen molar-refractivity contribution in [2.24, 2.45) is 0 Å². The van der Waals surface area contributed by atoms with Crippen LogP contribution in [-0.4, -0.2) is 17.4 Å². The summed E-state index contributed by atoms with van der Waals surface area (Å²) in [5, 5.41) is 10.5. The van der Waals surface area contributed by atoms with Crippen molar-refractivity contribution in [2.45, 2.75) is 6.92 Å². The second-order valence-corrected chi connectivity index (χ2v) is 3.45. The van der Waals surface area contributed by atoms with E-state index >= 15 is 0 Å². The normalized spacial score (nSPS) is 10.6. The molecule has 5 heteroatoms. The minimum atomic E-state index is -0.426. The third kappa shape index (κ3) is 3.55. The summed E-state index contributed by atoms with van der Waals surface area (Å²) in [6.07, 6.45) is 3.58. The van der Waals surface area contributed by atoms with Crippen LogP contribution in [0.5, 0.6) is 5.75 Å². The average molecular weight is 242 g/mol. The Kier molecular flexibility index (Phi) is 4.79. The Morgan fingerprint density at radius 1 is 1.50 bits per heavy atom. The number of hydrogen-bond acceptors (Lipinski definition) is 3. The molecule has 0 aliphatic carbocycles. The van der Waals surface area contributed by atoms with Crippen LogP contribution in [0.1, 0.15) is 5.56 Å². The van der Waals surface area contributed by atoms with Crippen LogP contribution in [0.2, 0.25) is 0 Å². The molecule has 0 amide bonds. The van der Waals surface area contributed by atoms with E-state index in [1.54, 1.807) is 25.1 Å². The number of nitro groups is 1. The molecule has 1 aromatic rings. The lowest BCUT2D eigenvalue weighted by molar-refractivity contribution is -0.384. The van der Waals surface area contributed by atoms with E-state index in [1.807, 2.05) is 0 Å². The maximum atomic E-state index is 10.5. The predicted octanol–water partition coefficient (Wildman–Crippen LogP) is 3.08. The van der Waals surface area contributed by atoms with Crippen LogP contribution >= 0.6 is 11.6 Å². The van der Waals surface area contributed by atoms with E-state index in [2.05, 4.69) is 0 Å². The van der Waals surface area contributed by atoms with Gasteiger partial charge in [-0.3, -0.25) is 10.1 Å². The first kappa shape index (κ1) is 12.5. The van der Waals surface area contributed by atoms with Gasteiger partial charge in [-0.05, 0) is 18.6 Å². The molecule has 86 valence electrons. The van der Waals surface area contributed by atoms with Gasteiger partial charge in [-0.25, -0.2) is 0 Å². The molecule has 4 nitrogen and oxygen atoms in total. The summed E-state index contributed by atoms with van der Waals surface area (Å²) >= 11 is 5.45. The number of non-ortho nitro benzene ring substituents is 1. The molecule has 1 aromatic carbocycles. The van der Waals surface area contributed by atoms with Crippen LogP contribution in [0.25, 0.3) is 0 Å². The Labute approximate surface area is 98.6 Å². The number of rotatable bonds is 5. The number of alkyl halides is 1. The molecule has 0 bridgehead atoms. The highest BCUT2D eigenvalue weighted by Crippen LogP contribution is 2.23. The van der Waals surface area contributed by atoms with Gasteiger partial charge in [0.2, 0.25) is 0 Å². The minimum absolute atomic E-state index is 0.0705. The third-order valence-corrected chi connectivity index (χ3v) is 2.14. The Bertz CT molecular complexity index is 404. The standard InChI is InChI=1S/C11H12ClNO3/c1-9-8-10(13(14)15)4-5-11(9)16-7-3-2-6-12/h2-5,8H,6-7H2,1H3/b3-2+. The number of allylic oxidation sites excluding steroid dienone is 1. The maximum Gasteiger partial charge on any atom is 0.269 e. The molecular weight excluding hydrogens is 230 g/mol. The van der Waals surface area contributed by atoms with Gasteiger partial charge in [-0.1, -0.05) is 12.2 Å². The van der Waals surface area contributed by atoms with Crippen molar-refractivity contribution < 1.29 is 9.66 Å². The lowest BCUT2D eigenvalue weighted by Crippen LogP contribution is -1.96. The highest BCUT2D eigenvalue weighted by molar-refractivity contribution is 6.18. The molecule has 0 N–H and O–H groups in total.